The van der Waals surface area contributed by atoms with Crippen molar-refractivity contribution >= 4 is 42.4 Å². The zero-order valence-electron chi connectivity index (χ0n) is 18.1. The van der Waals surface area contributed by atoms with Crippen molar-refractivity contribution in [3.63, 3.8) is 0 Å². The number of sulfone groups is 1. The van der Waals surface area contributed by atoms with E-state index in [0.29, 0.717) is 40.8 Å². The molecule has 0 unspecified atom stereocenters. The lowest BCUT2D eigenvalue weighted by Crippen LogP contribution is -2.36. The molecule has 3 aromatic rings. The van der Waals surface area contributed by atoms with Crippen molar-refractivity contribution in [1.29, 1.82) is 0 Å². The van der Waals surface area contributed by atoms with Crippen LogP contribution in [0.15, 0.2) is 41.3 Å². The molecule has 2 aromatic carbocycles. The Balaban J connectivity index is 2.06. The van der Waals surface area contributed by atoms with Crippen molar-refractivity contribution < 1.29 is 22.7 Å². The number of nitrogens with zero attached hydrogens (tertiary/aromatic N) is 3. The summed E-state index contributed by atoms with van der Waals surface area (Å²) in [6.45, 7) is 1.03. The lowest BCUT2D eigenvalue weighted by Gasteiger charge is -2.22. The molecule has 8 nitrogen and oxygen atoms in total. The molecule has 0 atom stereocenters. The Morgan fingerprint density at radius 2 is 1.61 bits per heavy atom. The van der Waals surface area contributed by atoms with Gasteiger partial charge in [0.1, 0.15) is 21.7 Å². The molecule has 31 heavy (non-hydrogen) atoms. The second-order valence-corrected chi connectivity index (χ2v) is 10.2. The number of methoxy groups -OCH3 is 2. The lowest BCUT2D eigenvalue weighted by atomic mass is 10.2. The molecule has 0 aliphatic rings. The van der Waals surface area contributed by atoms with Crippen LogP contribution in [0, 0.1) is 0 Å². The van der Waals surface area contributed by atoms with Crippen molar-refractivity contribution in [3.05, 3.63) is 42.0 Å². The van der Waals surface area contributed by atoms with Gasteiger partial charge < -0.3 is 14.4 Å². The number of rotatable bonds is 8. The highest BCUT2D eigenvalue weighted by atomic mass is 32.2. The number of hydrogen-bond donors (Lipinski definition) is 0. The van der Waals surface area contributed by atoms with Crippen molar-refractivity contribution in [3.8, 4) is 11.5 Å². The standard InChI is InChI=1S/C21H25N3O5S2/c1-23(2)12-13-24(20(25)14-6-8-15(9-7-14)31(5,26)27)21-22-18-16(28-3)10-11-17(29-4)19(18)30-21/h6-11H,12-13H2,1-5H3. The van der Waals surface area contributed by atoms with Crippen LogP contribution in [-0.4, -0.2) is 71.9 Å². The number of carbonyl (C=O) groups excluding carboxylic acids is 1. The van der Waals surface area contributed by atoms with Gasteiger partial charge in [-0.1, -0.05) is 11.3 Å². The zero-order valence-corrected chi connectivity index (χ0v) is 19.7. The summed E-state index contributed by atoms with van der Waals surface area (Å²) in [5, 5.41) is 0.511. The molecule has 10 heteroatoms. The van der Waals surface area contributed by atoms with Crippen LogP contribution in [0.5, 0.6) is 11.5 Å². The van der Waals surface area contributed by atoms with Gasteiger partial charge in [0.2, 0.25) is 0 Å². The summed E-state index contributed by atoms with van der Waals surface area (Å²) in [7, 11) is 3.66. The van der Waals surface area contributed by atoms with E-state index in [2.05, 4.69) is 4.98 Å². The quantitative estimate of drug-likeness (QED) is 0.507. The molecule has 3 rings (SSSR count). The number of ether oxygens (including phenoxy) is 2. The Bertz CT molecular complexity index is 1150. The summed E-state index contributed by atoms with van der Waals surface area (Å²) in [5.41, 5.74) is 1.00. The van der Waals surface area contributed by atoms with E-state index in [0.717, 1.165) is 11.0 Å². The van der Waals surface area contributed by atoms with Gasteiger partial charge in [-0.3, -0.25) is 9.69 Å². The Kier molecular flexibility index (Phi) is 6.83. The molecule has 1 aromatic heterocycles. The van der Waals surface area contributed by atoms with Gasteiger partial charge in [-0.05, 0) is 50.5 Å². The number of carbonyl (C=O) groups is 1. The fourth-order valence-electron chi connectivity index (χ4n) is 2.97. The van der Waals surface area contributed by atoms with Crippen LogP contribution in [0.1, 0.15) is 10.4 Å². The van der Waals surface area contributed by atoms with Gasteiger partial charge in [-0.25, -0.2) is 13.4 Å². The minimum atomic E-state index is -3.34. The van der Waals surface area contributed by atoms with Crippen LogP contribution in [0.25, 0.3) is 10.2 Å². The molecular formula is C21H25N3O5S2. The number of amides is 1. The summed E-state index contributed by atoms with van der Waals surface area (Å²) in [5.74, 6) is 0.978. The first-order valence-corrected chi connectivity index (χ1v) is 12.1. The monoisotopic (exact) mass is 463 g/mol. The molecule has 1 heterocycles. The van der Waals surface area contributed by atoms with E-state index in [9.17, 15) is 13.2 Å². The van der Waals surface area contributed by atoms with E-state index in [1.54, 1.807) is 31.3 Å². The Labute approximate surface area is 185 Å². The van der Waals surface area contributed by atoms with E-state index in [-0.39, 0.29) is 10.8 Å². The third-order valence-corrected chi connectivity index (χ3v) is 6.90. The molecule has 0 fully saturated rings. The molecule has 0 aliphatic carbocycles. The van der Waals surface area contributed by atoms with E-state index >= 15 is 0 Å². The van der Waals surface area contributed by atoms with Gasteiger partial charge in [0, 0.05) is 24.9 Å². The second-order valence-electron chi connectivity index (χ2n) is 7.20. The van der Waals surface area contributed by atoms with Crippen LogP contribution in [0.4, 0.5) is 5.13 Å². The van der Waals surface area contributed by atoms with Crippen molar-refractivity contribution in [2.45, 2.75) is 4.90 Å². The van der Waals surface area contributed by atoms with Gasteiger partial charge in [0.05, 0.1) is 19.1 Å². The maximum atomic E-state index is 13.4. The van der Waals surface area contributed by atoms with Crippen molar-refractivity contribution in [2.24, 2.45) is 0 Å². The summed E-state index contributed by atoms with van der Waals surface area (Å²) in [4.78, 5) is 21.8. The first-order chi connectivity index (χ1) is 14.7. The summed E-state index contributed by atoms with van der Waals surface area (Å²) in [6, 6.07) is 9.51. The maximum Gasteiger partial charge on any atom is 0.260 e. The average molecular weight is 464 g/mol. The van der Waals surface area contributed by atoms with Crippen molar-refractivity contribution in [2.75, 3.05) is 52.6 Å². The van der Waals surface area contributed by atoms with Gasteiger partial charge in [0.25, 0.3) is 5.91 Å². The number of anilines is 1. The molecule has 1 amide bonds. The maximum absolute atomic E-state index is 13.4. The van der Waals surface area contributed by atoms with Gasteiger partial charge in [0.15, 0.2) is 15.0 Å². The first-order valence-electron chi connectivity index (χ1n) is 9.44. The van der Waals surface area contributed by atoms with E-state index in [1.807, 2.05) is 19.0 Å². The van der Waals surface area contributed by atoms with Gasteiger partial charge >= 0.3 is 0 Å². The fraction of sp³-hybridized carbons (Fsp3) is 0.333. The summed E-state index contributed by atoms with van der Waals surface area (Å²) >= 11 is 1.34. The molecule has 0 spiro atoms. The van der Waals surface area contributed by atoms with Crippen molar-refractivity contribution in [1.82, 2.24) is 9.88 Å². The Hall–Kier alpha value is -2.69. The van der Waals surface area contributed by atoms with Crippen LogP contribution >= 0.6 is 11.3 Å². The van der Waals surface area contributed by atoms with E-state index < -0.39 is 9.84 Å². The van der Waals surface area contributed by atoms with Crippen LogP contribution in [0.2, 0.25) is 0 Å². The highest BCUT2D eigenvalue weighted by molar-refractivity contribution is 7.90. The number of aromatic nitrogens is 1. The molecule has 0 radical (unpaired) electrons. The molecule has 0 saturated heterocycles. The SMILES string of the molecule is COc1ccc(OC)c2sc(N(CCN(C)C)C(=O)c3ccc(S(C)(=O)=O)cc3)nc12. The Morgan fingerprint density at radius 3 is 2.16 bits per heavy atom. The lowest BCUT2D eigenvalue weighted by molar-refractivity contribution is 0.0985. The van der Waals surface area contributed by atoms with E-state index in [1.165, 1.54) is 35.6 Å². The third kappa shape index (κ3) is 4.97. The fourth-order valence-corrected chi connectivity index (χ4v) is 4.70. The topological polar surface area (TPSA) is 89.0 Å². The van der Waals surface area contributed by atoms with E-state index in [4.69, 9.17) is 9.47 Å². The molecule has 0 saturated carbocycles. The van der Waals surface area contributed by atoms with Crippen LogP contribution < -0.4 is 14.4 Å². The minimum Gasteiger partial charge on any atom is -0.495 e. The molecular weight excluding hydrogens is 438 g/mol. The molecule has 0 N–H and O–H groups in total. The highest BCUT2D eigenvalue weighted by Crippen LogP contribution is 2.40. The normalized spacial score (nSPS) is 11.7. The number of hydrogen-bond acceptors (Lipinski definition) is 8. The molecule has 0 bridgehead atoms. The summed E-state index contributed by atoms with van der Waals surface area (Å²) < 4.78 is 35.1. The molecule has 0 aliphatic heterocycles. The number of benzene rings is 2. The molecule has 166 valence electrons. The van der Waals surface area contributed by atoms with Crippen LogP contribution in [0.3, 0.4) is 0 Å². The minimum absolute atomic E-state index is 0.165. The van der Waals surface area contributed by atoms with Crippen LogP contribution in [-0.2, 0) is 9.84 Å². The highest BCUT2D eigenvalue weighted by Gasteiger charge is 2.24. The number of likely N-dealkylation sites (N-methyl/N-ethyl adjacent to an activating group) is 1. The second kappa shape index (κ2) is 9.21. The first kappa shape index (κ1) is 23.0. The number of thiazole rings is 1. The third-order valence-electron chi connectivity index (χ3n) is 4.68. The Morgan fingerprint density at radius 1 is 1.00 bits per heavy atom. The predicted molar refractivity (Wildman–Crippen MR) is 123 cm³/mol. The van der Waals surface area contributed by atoms with Gasteiger partial charge in [-0.15, -0.1) is 0 Å². The largest absolute Gasteiger partial charge is 0.495 e. The number of fused-ring (bicyclic) bond motifs is 1. The smallest absolute Gasteiger partial charge is 0.260 e. The summed E-state index contributed by atoms with van der Waals surface area (Å²) in [6.07, 6.45) is 1.13. The zero-order chi connectivity index (χ0) is 22.8. The average Bonchev–Trinajstić information content (AvgIpc) is 3.17. The van der Waals surface area contributed by atoms with Gasteiger partial charge in [-0.2, -0.15) is 0 Å². The predicted octanol–water partition coefficient (Wildman–Crippen LogP) is 2.93.